The van der Waals surface area contributed by atoms with E-state index in [0.29, 0.717) is 29.1 Å². The number of hydrogen-bond donors (Lipinski definition) is 2. The SMILES string of the molecule is C=Cc1c(C)c2cc3nc(c(C(=O)OC)c4nc(cc5cc(C)c(cc1[nH]2)[nH]5)C(C)=C4C(=O)OC)[C@H](CCC(=O)OC)[C@H]3C. The van der Waals surface area contributed by atoms with Crippen LogP contribution in [0.2, 0.25) is 0 Å². The Morgan fingerprint density at radius 1 is 0.909 bits per heavy atom. The van der Waals surface area contributed by atoms with Crippen LogP contribution in [0.1, 0.15) is 88.3 Å². The number of ether oxygens (including phenoxy) is 3. The molecule has 0 amide bonds. The minimum Gasteiger partial charge on any atom is -0.469 e. The maximum Gasteiger partial charge on any atom is 0.341 e. The van der Waals surface area contributed by atoms with Crippen LogP contribution in [0.4, 0.5) is 0 Å². The number of methoxy groups -OCH3 is 3. The van der Waals surface area contributed by atoms with Gasteiger partial charge in [-0.3, -0.25) is 9.78 Å². The molecule has 2 atom stereocenters. The van der Waals surface area contributed by atoms with Crippen LogP contribution < -0.4 is 0 Å². The van der Waals surface area contributed by atoms with E-state index in [4.69, 9.17) is 24.2 Å². The number of aromatic nitrogens is 4. The fraction of sp³-hybridized carbons (Fsp3) is 0.324. The third kappa shape index (κ3) is 5.21. The summed E-state index contributed by atoms with van der Waals surface area (Å²) in [4.78, 5) is 55.9. The number of rotatable bonds is 6. The molecule has 5 rings (SSSR count). The standard InChI is InChI=1S/C34H36N4O6/c1-9-21-17(3)25-15-26-18(4)22(10-11-28(39)42-6)31(37-26)30(34(41)44-8)32-29(33(40)43-7)19(5)24(38-32)13-20-12-16(2)23(35-20)14-27(21)36-25/h9,12-15,18,22,35-36H,1,10-11H2,2-8H3/t18-,22-/m1/s1. The summed E-state index contributed by atoms with van der Waals surface area (Å²) in [6, 6.07) is 7.81. The van der Waals surface area contributed by atoms with E-state index in [-0.39, 0.29) is 41.1 Å². The highest BCUT2D eigenvalue weighted by Crippen LogP contribution is 2.43. The maximum atomic E-state index is 13.6. The summed E-state index contributed by atoms with van der Waals surface area (Å²) in [5.74, 6) is -2.30. The molecule has 3 aromatic rings. The summed E-state index contributed by atoms with van der Waals surface area (Å²) >= 11 is 0. The molecule has 0 saturated carbocycles. The van der Waals surface area contributed by atoms with Crippen LogP contribution in [-0.4, -0.2) is 59.2 Å². The van der Waals surface area contributed by atoms with Gasteiger partial charge >= 0.3 is 17.9 Å². The highest BCUT2D eigenvalue weighted by Gasteiger charge is 2.37. The van der Waals surface area contributed by atoms with Gasteiger partial charge in [-0.15, -0.1) is 0 Å². The van der Waals surface area contributed by atoms with Crippen LogP contribution in [-0.2, 0) is 23.8 Å². The van der Waals surface area contributed by atoms with Crippen molar-refractivity contribution >= 4 is 57.2 Å². The molecule has 10 heteroatoms. The molecular formula is C34H36N4O6. The molecule has 0 radical (unpaired) electrons. The lowest BCUT2D eigenvalue weighted by molar-refractivity contribution is -0.140. The number of esters is 3. The topological polar surface area (TPSA) is 136 Å². The highest BCUT2D eigenvalue weighted by atomic mass is 16.5. The molecule has 5 heterocycles. The number of fused-ring (bicyclic) bond motifs is 8. The van der Waals surface area contributed by atoms with E-state index in [1.54, 1.807) is 6.92 Å². The van der Waals surface area contributed by atoms with E-state index in [1.807, 2.05) is 51.1 Å². The van der Waals surface area contributed by atoms with Gasteiger partial charge in [-0.1, -0.05) is 19.6 Å². The molecule has 44 heavy (non-hydrogen) atoms. The number of nitrogens with one attached hydrogen (secondary N) is 2. The van der Waals surface area contributed by atoms with Gasteiger partial charge in [0.1, 0.15) is 5.56 Å². The minimum atomic E-state index is -0.699. The minimum absolute atomic E-state index is 0.0558. The Kier molecular flexibility index (Phi) is 8.27. The van der Waals surface area contributed by atoms with Gasteiger partial charge < -0.3 is 24.2 Å². The van der Waals surface area contributed by atoms with Gasteiger partial charge in [0.15, 0.2) is 0 Å². The second kappa shape index (κ2) is 11.9. The van der Waals surface area contributed by atoms with Gasteiger partial charge in [-0.2, -0.15) is 0 Å². The van der Waals surface area contributed by atoms with Gasteiger partial charge in [0.05, 0.1) is 44.0 Å². The molecule has 228 valence electrons. The van der Waals surface area contributed by atoms with Crippen molar-refractivity contribution in [1.29, 1.82) is 0 Å². The second-order valence-electron chi connectivity index (χ2n) is 11.1. The van der Waals surface area contributed by atoms with E-state index < -0.39 is 11.9 Å². The Morgan fingerprint density at radius 2 is 1.64 bits per heavy atom. The monoisotopic (exact) mass is 596 g/mol. The fourth-order valence-electron chi connectivity index (χ4n) is 6.04. The Labute approximate surface area is 255 Å². The predicted molar refractivity (Wildman–Crippen MR) is 169 cm³/mol. The predicted octanol–water partition coefficient (Wildman–Crippen LogP) is 6.31. The van der Waals surface area contributed by atoms with Gasteiger partial charge in [-0.05, 0) is 68.2 Å². The summed E-state index contributed by atoms with van der Waals surface area (Å²) in [6.45, 7) is 11.8. The Bertz CT molecular complexity index is 1910. The molecular weight excluding hydrogens is 560 g/mol. The van der Waals surface area contributed by atoms with E-state index in [2.05, 4.69) is 16.5 Å². The van der Waals surface area contributed by atoms with Crippen LogP contribution in [0, 0.1) is 13.8 Å². The Morgan fingerprint density at radius 3 is 2.30 bits per heavy atom. The van der Waals surface area contributed by atoms with Crippen molar-refractivity contribution < 1.29 is 28.6 Å². The number of allylic oxidation sites excluding steroid dienone is 1. The molecule has 0 unspecified atom stereocenters. The largest absolute Gasteiger partial charge is 0.469 e. The van der Waals surface area contributed by atoms with Crippen LogP contribution in [0.25, 0.3) is 39.3 Å². The molecule has 8 bridgehead atoms. The van der Waals surface area contributed by atoms with E-state index in [9.17, 15) is 14.4 Å². The summed E-state index contributed by atoms with van der Waals surface area (Å²) in [6.07, 6.45) is 2.28. The third-order valence-electron chi connectivity index (χ3n) is 8.58. The van der Waals surface area contributed by atoms with Crippen molar-refractivity contribution in [1.82, 2.24) is 19.9 Å². The van der Waals surface area contributed by atoms with Crippen molar-refractivity contribution in [3.8, 4) is 0 Å². The molecule has 0 aromatic carbocycles. The van der Waals surface area contributed by atoms with E-state index in [0.717, 1.165) is 38.8 Å². The highest BCUT2D eigenvalue weighted by molar-refractivity contribution is 6.26. The molecule has 10 nitrogen and oxygen atoms in total. The smallest absolute Gasteiger partial charge is 0.341 e. The summed E-state index contributed by atoms with van der Waals surface area (Å²) in [7, 11) is 3.89. The number of hydrogen-bond acceptors (Lipinski definition) is 8. The summed E-state index contributed by atoms with van der Waals surface area (Å²) in [5, 5.41) is 0. The number of aromatic amines is 2. The van der Waals surface area contributed by atoms with Crippen LogP contribution in [0.5, 0.6) is 0 Å². The number of H-pyrrole nitrogens is 2. The average molecular weight is 597 g/mol. The Balaban J connectivity index is 2.00. The lowest BCUT2D eigenvalue weighted by Gasteiger charge is -2.17. The summed E-state index contributed by atoms with van der Waals surface area (Å²) < 4.78 is 15.3. The van der Waals surface area contributed by atoms with Crippen molar-refractivity contribution in [3.05, 3.63) is 75.9 Å². The molecule has 2 aliphatic heterocycles. The third-order valence-corrected chi connectivity index (χ3v) is 8.58. The normalized spacial score (nSPS) is 16.1. The zero-order valence-electron chi connectivity index (χ0n) is 26.0. The number of nitrogens with zero attached hydrogens (tertiary/aromatic N) is 2. The molecule has 2 aliphatic rings. The maximum absolute atomic E-state index is 13.6. The van der Waals surface area contributed by atoms with Crippen molar-refractivity contribution in [3.63, 3.8) is 0 Å². The number of carbonyl (C=O) groups excluding carboxylic acids is 3. The lowest BCUT2D eigenvalue weighted by Crippen LogP contribution is -2.15. The Hall–Kier alpha value is -4.99. The first-order chi connectivity index (χ1) is 21.0. The molecule has 0 spiro atoms. The first-order valence-electron chi connectivity index (χ1n) is 14.4. The zero-order chi connectivity index (χ0) is 31.9. The quantitative estimate of drug-likeness (QED) is 0.250. The van der Waals surface area contributed by atoms with Crippen molar-refractivity contribution in [2.24, 2.45) is 0 Å². The first kappa shape index (κ1) is 30.5. The molecule has 0 saturated heterocycles. The van der Waals surface area contributed by atoms with Crippen LogP contribution >= 0.6 is 0 Å². The fourth-order valence-corrected chi connectivity index (χ4v) is 6.04. The zero-order valence-corrected chi connectivity index (χ0v) is 26.0. The molecule has 2 N–H and O–H groups in total. The second-order valence-corrected chi connectivity index (χ2v) is 11.1. The number of aryl methyl sites for hydroxylation is 2. The van der Waals surface area contributed by atoms with Crippen molar-refractivity contribution in [2.75, 3.05) is 21.3 Å². The van der Waals surface area contributed by atoms with Crippen molar-refractivity contribution in [2.45, 2.75) is 52.4 Å². The van der Waals surface area contributed by atoms with Gasteiger partial charge in [0, 0.05) is 51.6 Å². The van der Waals surface area contributed by atoms with Gasteiger partial charge in [-0.25, -0.2) is 14.6 Å². The van der Waals surface area contributed by atoms with Gasteiger partial charge in [0.25, 0.3) is 0 Å². The molecule has 0 aliphatic carbocycles. The van der Waals surface area contributed by atoms with Crippen LogP contribution in [0.15, 0.2) is 30.8 Å². The first-order valence-corrected chi connectivity index (χ1v) is 14.4. The van der Waals surface area contributed by atoms with Crippen LogP contribution in [0.3, 0.4) is 0 Å². The molecule has 0 fully saturated rings. The average Bonchev–Trinajstić information content (AvgIpc) is 3.70. The number of carbonyl (C=O) groups is 3. The summed E-state index contributed by atoms with van der Waals surface area (Å²) in [5.41, 5.74) is 8.77. The van der Waals surface area contributed by atoms with E-state index >= 15 is 0 Å². The lowest BCUT2D eigenvalue weighted by atomic mass is 9.85. The van der Waals surface area contributed by atoms with Gasteiger partial charge in [0.2, 0.25) is 0 Å². The van der Waals surface area contributed by atoms with E-state index in [1.165, 1.54) is 21.3 Å². The molecule has 3 aromatic heterocycles.